The number of nitrogens with two attached hydrogens (primary N) is 1. The largest absolute Gasteiger partial charge is 0.381 e. The van der Waals surface area contributed by atoms with Crippen LogP contribution in [0.2, 0.25) is 0 Å². The SMILES string of the molecule is CCCOCCC(NN)c1cccc2ncccc12. The molecule has 0 amide bonds. The van der Waals surface area contributed by atoms with E-state index in [1.807, 2.05) is 18.2 Å². The normalized spacial score (nSPS) is 12.7. The molecule has 1 unspecified atom stereocenters. The van der Waals surface area contributed by atoms with Gasteiger partial charge in [0, 0.05) is 30.8 Å². The molecule has 102 valence electrons. The number of aromatic nitrogens is 1. The molecule has 1 atom stereocenters. The predicted octanol–water partition coefficient (Wildman–Crippen LogP) is 2.56. The highest BCUT2D eigenvalue weighted by Crippen LogP contribution is 2.24. The maximum atomic E-state index is 5.68. The monoisotopic (exact) mass is 259 g/mol. The van der Waals surface area contributed by atoms with Crippen molar-refractivity contribution in [2.45, 2.75) is 25.8 Å². The first kappa shape index (κ1) is 13.9. The number of benzene rings is 1. The molecule has 0 aliphatic heterocycles. The molecule has 0 radical (unpaired) electrons. The molecule has 0 saturated heterocycles. The highest BCUT2D eigenvalue weighted by molar-refractivity contribution is 5.82. The lowest BCUT2D eigenvalue weighted by Gasteiger charge is -2.18. The van der Waals surface area contributed by atoms with E-state index < -0.39 is 0 Å². The van der Waals surface area contributed by atoms with Crippen LogP contribution >= 0.6 is 0 Å². The quantitative estimate of drug-likeness (QED) is 0.456. The summed E-state index contributed by atoms with van der Waals surface area (Å²) >= 11 is 0. The zero-order valence-electron chi connectivity index (χ0n) is 11.3. The summed E-state index contributed by atoms with van der Waals surface area (Å²) in [6.45, 7) is 3.61. The summed E-state index contributed by atoms with van der Waals surface area (Å²) < 4.78 is 5.54. The minimum atomic E-state index is 0.0877. The van der Waals surface area contributed by atoms with Gasteiger partial charge in [-0.25, -0.2) is 0 Å². The molecule has 1 heterocycles. The Kier molecular flexibility index (Phi) is 5.27. The van der Waals surface area contributed by atoms with Gasteiger partial charge in [0.15, 0.2) is 0 Å². The van der Waals surface area contributed by atoms with Crippen molar-refractivity contribution in [3.63, 3.8) is 0 Å². The van der Waals surface area contributed by atoms with E-state index in [9.17, 15) is 0 Å². The third-order valence-electron chi connectivity index (χ3n) is 3.16. The first-order valence-corrected chi connectivity index (χ1v) is 6.74. The summed E-state index contributed by atoms with van der Waals surface area (Å²) in [7, 11) is 0. The van der Waals surface area contributed by atoms with Crippen molar-refractivity contribution in [2.75, 3.05) is 13.2 Å². The van der Waals surface area contributed by atoms with Crippen LogP contribution in [0.5, 0.6) is 0 Å². The topological polar surface area (TPSA) is 60.2 Å². The summed E-state index contributed by atoms with van der Waals surface area (Å²) in [6.07, 6.45) is 3.70. The lowest BCUT2D eigenvalue weighted by molar-refractivity contribution is 0.124. The van der Waals surface area contributed by atoms with Gasteiger partial charge in [-0.15, -0.1) is 0 Å². The van der Waals surface area contributed by atoms with Crippen LogP contribution < -0.4 is 11.3 Å². The number of hydrogen-bond acceptors (Lipinski definition) is 4. The van der Waals surface area contributed by atoms with Gasteiger partial charge in [-0.2, -0.15) is 0 Å². The van der Waals surface area contributed by atoms with Crippen molar-refractivity contribution in [1.82, 2.24) is 10.4 Å². The lowest BCUT2D eigenvalue weighted by Crippen LogP contribution is -2.29. The fraction of sp³-hybridized carbons (Fsp3) is 0.400. The second-order valence-electron chi connectivity index (χ2n) is 4.54. The van der Waals surface area contributed by atoms with Crippen molar-refractivity contribution in [3.05, 3.63) is 42.1 Å². The maximum Gasteiger partial charge on any atom is 0.0705 e. The number of nitrogens with one attached hydrogen (secondary N) is 1. The number of pyridine rings is 1. The molecule has 3 N–H and O–H groups in total. The Morgan fingerprint density at radius 1 is 1.26 bits per heavy atom. The summed E-state index contributed by atoms with van der Waals surface area (Å²) in [5.74, 6) is 5.68. The Balaban J connectivity index is 2.16. The maximum absolute atomic E-state index is 5.68. The molecule has 19 heavy (non-hydrogen) atoms. The predicted molar refractivity (Wildman–Crippen MR) is 77.5 cm³/mol. The highest BCUT2D eigenvalue weighted by Gasteiger charge is 2.12. The fourth-order valence-corrected chi connectivity index (χ4v) is 2.21. The molecule has 4 nitrogen and oxygen atoms in total. The summed E-state index contributed by atoms with van der Waals surface area (Å²) in [4.78, 5) is 4.37. The van der Waals surface area contributed by atoms with E-state index in [1.165, 1.54) is 5.56 Å². The average molecular weight is 259 g/mol. The van der Waals surface area contributed by atoms with E-state index in [2.05, 4.69) is 29.5 Å². The first-order valence-electron chi connectivity index (χ1n) is 6.74. The third kappa shape index (κ3) is 3.50. The Morgan fingerprint density at radius 2 is 2.16 bits per heavy atom. The van der Waals surface area contributed by atoms with Crippen LogP contribution in [0, 0.1) is 0 Å². The van der Waals surface area contributed by atoms with Crippen molar-refractivity contribution in [1.29, 1.82) is 0 Å². The molecular weight excluding hydrogens is 238 g/mol. The van der Waals surface area contributed by atoms with E-state index in [0.29, 0.717) is 6.61 Å². The molecule has 0 bridgehead atoms. The number of hydrogen-bond donors (Lipinski definition) is 2. The van der Waals surface area contributed by atoms with E-state index in [0.717, 1.165) is 30.4 Å². The van der Waals surface area contributed by atoms with Crippen molar-refractivity contribution >= 4 is 10.9 Å². The smallest absolute Gasteiger partial charge is 0.0705 e. The molecule has 0 aliphatic carbocycles. The molecular formula is C15H21N3O. The van der Waals surface area contributed by atoms with Gasteiger partial charge in [0.2, 0.25) is 0 Å². The van der Waals surface area contributed by atoms with Gasteiger partial charge in [0.25, 0.3) is 0 Å². The van der Waals surface area contributed by atoms with Crippen molar-refractivity contribution < 1.29 is 4.74 Å². The van der Waals surface area contributed by atoms with Crippen molar-refractivity contribution in [3.8, 4) is 0 Å². The zero-order chi connectivity index (χ0) is 13.5. The Morgan fingerprint density at radius 3 is 2.95 bits per heavy atom. The third-order valence-corrected chi connectivity index (χ3v) is 3.16. The minimum Gasteiger partial charge on any atom is -0.381 e. The molecule has 1 aromatic heterocycles. The fourth-order valence-electron chi connectivity index (χ4n) is 2.21. The van der Waals surface area contributed by atoms with E-state index >= 15 is 0 Å². The van der Waals surface area contributed by atoms with Crippen molar-refractivity contribution in [2.24, 2.45) is 5.84 Å². The Hall–Kier alpha value is -1.49. The molecule has 4 heteroatoms. The van der Waals surface area contributed by atoms with Gasteiger partial charge in [-0.05, 0) is 30.5 Å². The molecule has 0 aliphatic rings. The number of ether oxygens (including phenoxy) is 1. The second kappa shape index (κ2) is 7.19. The number of fused-ring (bicyclic) bond motifs is 1. The van der Waals surface area contributed by atoms with E-state index in [-0.39, 0.29) is 6.04 Å². The molecule has 0 spiro atoms. The molecule has 2 rings (SSSR count). The number of rotatable bonds is 7. The van der Waals surface area contributed by atoms with Crippen LogP contribution in [0.1, 0.15) is 31.4 Å². The van der Waals surface area contributed by atoms with Crippen LogP contribution in [0.25, 0.3) is 10.9 Å². The first-order chi connectivity index (χ1) is 9.36. The second-order valence-corrected chi connectivity index (χ2v) is 4.54. The van der Waals surface area contributed by atoms with Gasteiger partial charge in [-0.3, -0.25) is 16.3 Å². The van der Waals surface area contributed by atoms with Gasteiger partial charge in [0.1, 0.15) is 0 Å². The number of nitrogens with zero attached hydrogens (tertiary/aromatic N) is 1. The highest BCUT2D eigenvalue weighted by atomic mass is 16.5. The Labute approximate surface area is 113 Å². The van der Waals surface area contributed by atoms with E-state index in [4.69, 9.17) is 10.6 Å². The van der Waals surface area contributed by atoms with Crippen LogP contribution in [0.15, 0.2) is 36.5 Å². The minimum absolute atomic E-state index is 0.0877. The average Bonchev–Trinajstić information content (AvgIpc) is 2.47. The summed E-state index contributed by atoms with van der Waals surface area (Å²) in [6, 6.07) is 10.2. The van der Waals surface area contributed by atoms with E-state index in [1.54, 1.807) is 6.20 Å². The van der Waals surface area contributed by atoms with Gasteiger partial charge in [-0.1, -0.05) is 25.1 Å². The zero-order valence-corrected chi connectivity index (χ0v) is 11.3. The molecule has 0 fully saturated rings. The molecule has 1 aromatic carbocycles. The summed E-state index contributed by atoms with van der Waals surface area (Å²) in [5, 5.41) is 1.14. The van der Waals surface area contributed by atoms with Crippen LogP contribution in [0.4, 0.5) is 0 Å². The van der Waals surface area contributed by atoms with Crippen LogP contribution in [-0.2, 0) is 4.74 Å². The van der Waals surface area contributed by atoms with Crippen LogP contribution in [0.3, 0.4) is 0 Å². The molecule has 2 aromatic rings. The van der Waals surface area contributed by atoms with Gasteiger partial charge >= 0.3 is 0 Å². The molecule has 0 saturated carbocycles. The Bertz CT molecular complexity index is 510. The number of hydrazine groups is 1. The standard InChI is InChI=1S/C15H21N3O/c1-2-10-19-11-8-15(18-16)13-5-3-7-14-12(13)6-4-9-17-14/h3-7,9,15,18H,2,8,10-11,16H2,1H3. The van der Waals surface area contributed by atoms with Gasteiger partial charge < -0.3 is 4.74 Å². The van der Waals surface area contributed by atoms with Crippen LogP contribution in [-0.4, -0.2) is 18.2 Å². The lowest BCUT2D eigenvalue weighted by atomic mass is 9.99. The summed E-state index contributed by atoms with van der Waals surface area (Å²) in [5.41, 5.74) is 5.05. The van der Waals surface area contributed by atoms with Gasteiger partial charge in [0.05, 0.1) is 5.52 Å².